The first-order valence-electron chi connectivity index (χ1n) is 9.30. The molecule has 0 spiro atoms. The van der Waals surface area contributed by atoms with Crippen LogP contribution < -0.4 is 10.0 Å². The van der Waals surface area contributed by atoms with E-state index in [0.29, 0.717) is 5.56 Å². The van der Waals surface area contributed by atoms with Gasteiger partial charge in [-0.05, 0) is 42.8 Å². The van der Waals surface area contributed by atoms with Gasteiger partial charge in [-0.25, -0.2) is 17.5 Å². The molecule has 5 nitrogen and oxygen atoms in total. The van der Waals surface area contributed by atoms with Gasteiger partial charge in [0.05, 0.1) is 21.7 Å². The summed E-state index contributed by atoms with van der Waals surface area (Å²) in [6.45, 7) is 1.84. The van der Waals surface area contributed by atoms with Crippen molar-refractivity contribution in [1.82, 2.24) is 4.72 Å². The third kappa shape index (κ3) is 5.51. The van der Waals surface area contributed by atoms with Crippen LogP contribution in [0.4, 0.5) is 23.2 Å². The minimum absolute atomic E-state index is 0.0412. The third-order valence-corrected chi connectivity index (χ3v) is 5.96. The molecular weight excluding hydrogens is 448 g/mol. The molecule has 0 saturated heterocycles. The first-order chi connectivity index (χ1) is 15.0. The molecule has 1 amide bonds. The normalized spacial score (nSPS) is 11.9. The van der Waals surface area contributed by atoms with Crippen molar-refractivity contribution < 1.29 is 30.8 Å². The second kappa shape index (κ2) is 9.09. The first kappa shape index (κ1) is 23.4. The third-order valence-electron chi connectivity index (χ3n) is 4.56. The lowest BCUT2D eigenvalue weighted by atomic mass is 10.1. The molecule has 2 N–H and O–H groups in total. The maximum absolute atomic E-state index is 14.2. The number of nitrogens with one attached hydrogen (secondary N) is 2. The Kier molecular flexibility index (Phi) is 6.65. The smallest absolute Gasteiger partial charge is 0.321 e. The molecule has 0 aromatic heterocycles. The molecule has 0 atom stereocenters. The molecule has 0 unspecified atom stereocenters. The largest absolute Gasteiger partial charge is 0.418 e. The van der Waals surface area contributed by atoms with E-state index >= 15 is 0 Å². The molecule has 0 heterocycles. The monoisotopic (exact) mass is 466 g/mol. The summed E-state index contributed by atoms with van der Waals surface area (Å²) in [6, 6.07) is 13.8. The number of carbonyl (C=O) groups is 1. The highest BCUT2D eigenvalue weighted by Crippen LogP contribution is 2.34. The Hall–Kier alpha value is -3.24. The van der Waals surface area contributed by atoms with E-state index in [1.807, 2.05) is 24.4 Å². The molecule has 0 bridgehead atoms. The lowest BCUT2D eigenvalue weighted by molar-refractivity contribution is -0.136. The van der Waals surface area contributed by atoms with Crippen LogP contribution in [-0.2, 0) is 22.7 Å². The molecule has 0 radical (unpaired) electrons. The van der Waals surface area contributed by atoms with E-state index in [0.717, 1.165) is 42.0 Å². The SMILES string of the molecule is Cc1ccc(CNS(=O)(=O)c2ccc(F)c(C(=O)Nc3ccccc3C(F)(F)F)c2)cc1. The number of anilines is 1. The molecule has 32 heavy (non-hydrogen) atoms. The first-order valence-corrected chi connectivity index (χ1v) is 10.8. The van der Waals surface area contributed by atoms with Crippen molar-refractivity contribution in [3.63, 3.8) is 0 Å². The Morgan fingerprint density at radius 3 is 2.28 bits per heavy atom. The van der Waals surface area contributed by atoms with Gasteiger partial charge in [0, 0.05) is 6.54 Å². The van der Waals surface area contributed by atoms with Crippen molar-refractivity contribution >= 4 is 21.6 Å². The summed E-state index contributed by atoms with van der Waals surface area (Å²) >= 11 is 0. The number of carbonyl (C=O) groups excluding carboxylic acids is 1. The summed E-state index contributed by atoms with van der Waals surface area (Å²) in [7, 11) is -4.12. The number of hydrogen-bond acceptors (Lipinski definition) is 3. The van der Waals surface area contributed by atoms with Crippen LogP contribution in [-0.4, -0.2) is 14.3 Å². The van der Waals surface area contributed by atoms with Gasteiger partial charge < -0.3 is 5.32 Å². The lowest BCUT2D eigenvalue weighted by Gasteiger charge is -2.14. The van der Waals surface area contributed by atoms with Crippen molar-refractivity contribution in [3.8, 4) is 0 Å². The van der Waals surface area contributed by atoms with E-state index in [1.165, 1.54) is 6.07 Å². The average molecular weight is 466 g/mol. The summed E-state index contributed by atoms with van der Waals surface area (Å²) in [4.78, 5) is 12.1. The van der Waals surface area contributed by atoms with Crippen LogP contribution in [0.1, 0.15) is 27.0 Å². The molecule has 0 aliphatic carbocycles. The number of amides is 1. The molecular formula is C22H18F4N2O3S. The minimum Gasteiger partial charge on any atom is -0.321 e. The molecule has 3 aromatic carbocycles. The second-order valence-electron chi connectivity index (χ2n) is 6.95. The Morgan fingerprint density at radius 1 is 0.969 bits per heavy atom. The van der Waals surface area contributed by atoms with Crippen LogP contribution in [0, 0.1) is 12.7 Å². The van der Waals surface area contributed by atoms with Gasteiger partial charge >= 0.3 is 6.18 Å². The number of para-hydroxylation sites is 1. The zero-order valence-electron chi connectivity index (χ0n) is 16.7. The van der Waals surface area contributed by atoms with Gasteiger partial charge in [0.25, 0.3) is 5.91 Å². The molecule has 0 fully saturated rings. The Morgan fingerprint density at radius 2 is 1.62 bits per heavy atom. The number of aryl methyl sites for hydroxylation is 1. The van der Waals surface area contributed by atoms with E-state index in [-0.39, 0.29) is 6.54 Å². The predicted molar refractivity (Wildman–Crippen MR) is 111 cm³/mol. The van der Waals surface area contributed by atoms with Gasteiger partial charge in [0.1, 0.15) is 5.82 Å². The van der Waals surface area contributed by atoms with Gasteiger partial charge in [-0.3, -0.25) is 4.79 Å². The molecule has 3 rings (SSSR count). The fourth-order valence-electron chi connectivity index (χ4n) is 2.84. The average Bonchev–Trinajstić information content (AvgIpc) is 2.73. The van der Waals surface area contributed by atoms with Gasteiger partial charge in [-0.15, -0.1) is 0 Å². The van der Waals surface area contributed by atoms with Crippen molar-refractivity contribution in [2.75, 3.05) is 5.32 Å². The van der Waals surface area contributed by atoms with Crippen LogP contribution >= 0.6 is 0 Å². The molecule has 0 saturated carbocycles. The number of halogens is 4. The fourth-order valence-corrected chi connectivity index (χ4v) is 3.89. The van der Waals surface area contributed by atoms with Crippen molar-refractivity contribution in [1.29, 1.82) is 0 Å². The maximum atomic E-state index is 14.2. The van der Waals surface area contributed by atoms with Gasteiger partial charge in [0.2, 0.25) is 10.0 Å². The lowest BCUT2D eigenvalue weighted by Crippen LogP contribution is -2.24. The second-order valence-corrected chi connectivity index (χ2v) is 8.72. The highest BCUT2D eigenvalue weighted by Gasteiger charge is 2.33. The van der Waals surface area contributed by atoms with Crippen LogP contribution in [0.15, 0.2) is 71.6 Å². The standard InChI is InChI=1S/C22H18F4N2O3S/c1-14-6-8-15(9-7-14)13-27-32(30,31)16-10-11-19(23)17(12-16)21(29)28-20-5-3-2-4-18(20)22(24,25)26/h2-12,27H,13H2,1H3,(H,28,29). The highest BCUT2D eigenvalue weighted by molar-refractivity contribution is 7.89. The minimum atomic E-state index is -4.74. The highest BCUT2D eigenvalue weighted by atomic mass is 32.2. The summed E-state index contributed by atoms with van der Waals surface area (Å²) < 4.78 is 81.2. The zero-order chi connectivity index (χ0) is 23.5. The number of rotatable bonds is 6. The van der Waals surface area contributed by atoms with Crippen LogP contribution in [0.5, 0.6) is 0 Å². The Bertz CT molecular complexity index is 1240. The summed E-state index contributed by atoms with van der Waals surface area (Å²) in [5, 5.41) is 2.00. The van der Waals surface area contributed by atoms with E-state index in [2.05, 4.69) is 4.72 Å². The van der Waals surface area contributed by atoms with Gasteiger partial charge in [0.15, 0.2) is 0 Å². The number of sulfonamides is 1. The summed E-state index contributed by atoms with van der Waals surface area (Å²) in [5.41, 5.74) is -0.714. The molecule has 0 aliphatic heterocycles. The number of hydrogen-bond donors (Lipinski definition) is 2. The molecule has 10 heteroatoms. The molecule has 3 aromatic rings. The van der Waals surface area contributed by atoms with Gasteiger partial charge in [-0.2, -0.15) is 13.2 Å². The van der Waals surface area contributed by atoms with Crippen LogP contribution in [0.25, 0.3) is 0 Å². The van der Waals surface area contributed by atoms with E-state index in [1.54, 1.807) is 12.1 Å². The number of benzene rings is 3. The Labute approximate surface area is 182 Å². The summed E-state index contributed by atoms with van der Waals surface area (Å²) in [5.74, 6) is -2.29. The van der Waals surface area contributed by atoms with Crippen LogP contribution in [0.2, 0.25) is 0 Å². The predicted octanol–water partition coefficient (Wildman–Crippen LogP) is 4.88. The zero-order valence-corrected chi connectivity index (χ0v) is 17.5. The van der Waals surface area contributed by atoms with E-state index in [4.69, 9.17) is 0 Å². The quantitative estimate of drug-likeness (QED) is 0.509. The van der Waals surface area contributed by atoms with Crippen molar-refractivity contribution in [2.24, 2.45) is 0 Å². The number of alkyl halides is 3. The maximum Gasteiger partial charge on any atom is 0.418 e. The topological polar surface area (TPSA) is 75.3 Å². The summed E-state index contributed by atoms with van der Waals surface area (Å²) in [6.07, 6.45) is -4.74. The van der Waals surface area contributed by atoms with Gasteiger partial charge in [-0.1, -0.05) is 42.0 Å². The van der Waals surface area contributed by atoms with Crippen molar-refractivity contribution in [3.05, 3.63) is 94.8 Å². The van der Waals surface area contributed by atoms with E-state index in [9.17, 15) is 30.8 Å². The molecule has 168 valence electrons. The van der Waals surface area contributed by atoms with E-state index < -0.39 is 49.6 Å². The Balaban J connectivity index is 1.84. The van der Waals surface area contributed by atoms with Crippen LogP contribution in [0.3, 0.4) is 0 Å². The fraction of sp³-hybridized carbons (Fsp3) is 0.136. The molecule has 0 aliphatic rings. The van der Waals surface area contributed by atoms with Crippen molar-refractivity contribution in [2.45, 2.75) is 24.5 Å².